The summed E-state index contributed by atoms with van der Waals surface area (Å²) >= 11 is 1.30. The van der Waals surface area contributed by atoms with Crippen LogP contribution in [0, 0.1) is 0 Å². The quantitative estimate of drug-likeness (QED) is 0.568. The predicted molar refractivity (Wildman–Crippen MR) is 87.6 cm³/mol. The van der Waals surface area contributed by atoms with Crippen molar-refractivity contribution in [2.24, 2.45) is 0 Å². The third-order valence-electron chi connectivity index (χ3n) is 2.98. The number of aromatic nitrogens is 2. The van der Waals surface area contributed by atoms with Crippen molar-refractivity contribution in [3.63, 3.8) is 0 Å². The number of unbranched alkanes of at least 4 members (excludes halogenated alkanes) is 1. The molecule has 120 valence electrons. The monoisotopic (exact) mass is 341 g/mol. The van der Waals surface area contributed by atoms with Crippen LogP contribution in [0.15, 0.2) is 28.3 Å². The van der Waals surface area contributed by atoms with Gasteiger partial charge in [-0.1, -0.05) is 25.1 Å². The van der Waals surface area contributed by atoms with Crippen LogP contribution in [0.4, 0.5) is 0 Å². The molecule has 0 atom stereocenters. The Hall–Kier alpha value is -1.38. The maximum atomic E-state index is 12.2. The minimum absolute atomic E-state index is 0.0637. The summed E-state index contributed by atoms with van der Waals surface area (Å²) in [5.74, 6) is 0.401. The number of benzene rings is 1. The van der Waals surface area contributed by atoms with Crippen LogP contribution in [-0.4, -0.2) is 36.5 Å². The normalized spacial score (nSPS) is 11.9. The zero-order valence-electron chi connectivity index (χ0n) is 12.5. The Morgan fingerprint density at radius 3 is 2.86 bits per heavy atom. The van der Waals surface area contributed by atoms with E-state index in [9.17, 15) is 13.2 Å². The molecule has 2 rings (SSSR count). The van der Waals surface area contributed by atoms with Crippen LogP contribution in [0.25, 0.3) is 11.0 Å². The molecular weight excluding hydrogens is 322 g/mol. The molecule has 0 spiro atoms. The van der Waals surface area contributed by atoms with Crippen LogP contribution in [0.1, 0.15) is 26.7 Å². The number of carbonyl (C=O) groups is 1. The van der Waals surface area contributed by atoms with Crippen molar-refractivity contribution >= 4 is 38.6 Å². The molecule has 8 heteroatoms. The lowest BCUT2D eigenvalue weighted by atomic mass is 10.3. The summed E-state index contributed by atoms with van der Waals surface area (Å²) in [5.41, 5.74) is 1.32. The van der Waals surface area contributed by atoms with Crippen molar-refractivity contribution in [3.8, 4) is 0 Å². The molecule has 1 aromatic heterocycles. The Balaban J connectivity index is 2.20. The first kappa shape index (κ1) is 17.0. The number of ketones is 1. The van der Waals surface area contributed by atoms with Crippen LogP contribution in [-0.2, 0) is 14.8 Å². The number of sulfonamides is 1. The Labute approximate surface area is 134 Å². The number of rotatable bonds is 8. The summed E-state index contributed by atoms with van der Waals surface area (Å²) in [6.45, 7) is 3.95. The van der Waals surface area contributed by atoms with Gasteiger partial charge in [0.2, 0.25) is 10.0 Å². The highest BCUT2D eigenvalue weighted by Crippen LogP contribution is 2.22. The van der Waals surface area contributed by atoms with Crippen LogP contribution in [0.5, 0.6) is 0 Å². The van der Waals surface area contributed by atoms with E-state index in [2.05, 4.69) is 14.7 Å². The molecule has 0 amide bonds. The number of nitrogens with zero attached hydrogens (tertiary/aromatic N) is 1. The van der Waals surface area contributed by atoms with Gasteiger partial charge in [-0.3, -0.25) is 4.79 Å². The van der Waals surface area contributed by atoms with Gasteiger partial charge < -0.3 is 4.98 Å². The van der Waals surface area contributed by atoms with Crippen molar-refractivity contribution in [2.75, 3.05) is 12.3 Å². The van der Waals surface area contributed by atoms with E-state index in [1.165, 1.54) is 24.8 Å². The summed E-state index contributed by atoms with van der Waals surface area (Å²) in [4.78, 5) is 18.6. The van der Waals surface area contributed by atoms with Gasteiger partial charge in [0, 0.05) is 6.54 Å². The molecule has 0 radical (unpaired) electrons. The summed E-state index contributed by atoms with van der Waals surface area (Å²) in [7, 11) is -3.50. The molecule has 1 aromatic carbocycles. The lowest BCUT2D eigenvalue weighted by molar-refractivity contribution is -0.114. The van der Waals surface area contributed by atoms with Crippen molar-refractivity contribution in [1.29, 1.82) is 0 Å². The van der Waals surface area contributed by atoms with E-state index in [0.29, 0.717) is 28.5 Å². The molecule has 0 aliphatic heterocycles. The van der Waals surface area contributed by atoms with Gasteiger partial charge in [0.1, 0.15) is 5.78 Å². The number of hydrogen-bond acceptors (Lipinski definition) is 5. The molecule has 22 heavy (non-hydrogen) atoms. The van der Waals surface area contributed by atoms with Crippen LogP contribution in [0.3, 0.4) is 0 Å². The third-order valence-corrected chi connectivity index (χ3v) is 5.45. The Morgan fingerprint density at radius 2 is 2.18 bits per heavy atom. The number of aromatic amines is 1. The highest BCUT2D eigenvalue weighted by atomic mass is 32.2. The van der Waals surface area contributed by atoms with Gasteiger partial charge in [0.25, 0.3) is 0 Å². The number of fused-ring (bicyclic) bond motifs is 1. The largest absolute Gasteiger partial charge is 0.333 e. The second-order valence-electron chi connectivity index (χ2n) is 4.96. The van der Waals surface area contributed by atoms with Crippen molar-refractivity contribution in [1.82, 2.24) is 14.7 Å². The van der Waals surface area contributed by atoms with Crippen molar-refractivity contribution in [2.45, 2.75) is 36.7 Å². The van der Waals surface area contributed by atoms with Crippen LogP contribution < -0.4 is 4.72 Å². The fourth-order valence-corrected chi connectivity index (χ4v) is 3.62. The number of nitrogens with one attached hydrogen (secondary N) is 2. The Morgan fingerprint density at radius 1 is 1.41 bits per heavy atom. The second-order valence-corrected chi connectivity index (χ2v) is 7.69. The highest BCUT2D eigenvalue weighted by Gasteiger charge is 2.15. The van der Waals surface area contributed by atoms with Gasteiger partial charge in [0.05, 0.1) is 21.7 Å². The Kier molecular flexibility index (Phi) is 5.60. The smallest absolute Gasteiger partial charge is 0.240 e. The second kappa shape index (κ2) is 7.26. The number of hydrogen-bond donors (Lipinski definition) is 2. The lowest BCUT2D eigenvalue weighted by Gasteiger charge is -2.05. The van der Waals surface area contributed by atoms with Crippen LogP contribution in [0.2, 0.25) is 0 Å². The molecule has 2 aromatic rings. The standard InChI is InChI=1S/C14H19N3O3S2/c1-3-4-7-15-22(19,20)11-5-6-12-13(8-11)17-14(16-12)21-9-10(2)18/h5-6,8,15H,3-4,7,9H2,1-2H3,(H,16,17). The van der Waals surface area contributed by atoms with Gasteiger partial charge in [-0.2, -0.15) is 0 Å². The van der Waals surface area contributed by atoms with E-state index >= 15 is 0 Å². The van der Waals surface area contributed by atoms with Crippen molar-refractivity contribution in [3.05, 3.63) is 18.2 Å². The van der Waals surface area contributed by atoms with E-state index in [0.717, 1.165) is 12.8 Å². The number of carbonyl (C=O) groups excluding carboxylic acids is 1. The summed E-state index contributed by atoms with van der Waals surface area (Å²) in [6.07, 6.45) is 1.73. The minimum atomic E-state index is -3.50. The number of thioether (sulfide) groups is 1. The highest BCUT2D eigenvalue weighted by molar-refractivity contribution is 7.99. The molecule has 0 saturated carbocycles. The number of imidazole rings is 1. The average molecular weight is 341 g/mol. The number of Topliss-reactive ketones (excluding diaryl/α,β-unsaturated/α-hetero) is 1. The first-order valence-electron chi connectivity index (χ1n) is 7.04. The van der Waals surface area contributed by atoms with Gasteiger partial charge in [-0.05, 0) is 31.5 Å². The van der Waals surface area contributed by atoms with E-state index in [1.54, 1.807) is 12.1 Å². The van der Waals surface area contributed by atoms with E-state index in [1.807, 2.05) is 6.92 Å². The molecule has 0 saturated heterocycles. The molecule has 0 unspecified atom stereocenters. The fourth-order valence-electron chi connectivity index (χ4n) is 1.84. The Bertz CT molecular complexity index is 769. The average Bonchev–Trinajstić information content (AvgIpc) is 2.87. The van der Waals surface area contributed by atoms with Crippen molar-refractivity contribution < 1.29 is 13.2 Å². The molecule has 0 aliphatic carbocycles. The zero-order chi connectivity index (χ0) is 16.2. The fraction of sp³-hybridized carbons (Fsp3) is 0.429. The molecule has 0 aliphatic rings. The molecule has 0 bridgehead atoms. The minimum Gasteiger partial charge on any atom is -0.333 e. The molecule has 1 heterocycles. The first-order chi connectivity index (χ1) is 10.4. The maximum Gasteiger partial charge on any atom is 0.240 e. The summed E-state index contributed by atoms with van der Waals surface area (Å²) in [6, 6.07) is 4.77. The molecule has 6 nitrogen and oxygen atoms in total. The topological polar surface area (TPSA) is 91.9 Å². The predicted octanol–water partition coefficient (Wildman–Crippen LogP) is 2.32. The number of H-pyrrole nitrogens is 1. The summed E-state index contributed by atoms with van der Waals surface area (Å²) < 4.78 is 26.9. The van der Waals surface area contributed by atoms with Gasteiger partial charge in [0.15, 0.2) is 5.16 Å². The summed E-state index contributed by atoms with van der Waals surface area (Å²) in [5, 5.41) is 0.610. The molecule has 2 N–H and O–H groups in total. The van der Waals surface area contributed by atoms with E-state index < -0.39 is 10.0 Å². The van der Waals surface area contributed by atoms with E-state index in [4.69, 9.17) is 0 Å². The van der Waals surface area contributed by atoms with Crippen LogP contribution >= 0.6 is 11.8 Å². The van der Waals surface area contributed by atoms with E-state index in [-0.39, 0.29) is 10.7 Å². The van der Waals surface area contributed by atoms with Gasteiger partial charge in [-0.15, -0.1) is 0 Å². The first-order valence-corrected chi connectivity index (χ1v) is 9.51. The third kappa shape index (κ3) is 4.31. The molecular formula is C14H19N3O3S2. The zero-order valence-corrected chi connectivity index (χ0v) is 14.2. The SMILES string of the molecule is CCCCNS(=O)(=O)c1ccc2nc(SCC(C)=O)[nH]c2c1. The lowest BCUT2D eigenvalue weighted by Crippen LogP contribution is -2.24. The van der Waals surface area contributed by atoms with Gasteiger partial charge in [-0.25, -0.2) is 18.1 Å². The maximum absolute atomic E-state index is 12.2. The van der Waals surface area contributed by atoms with Gasteiger partial charge >= 0.3 is 0 Å². The molecule has 0 fully saturated rings.